The molecule has 110 valence electrons. The Morgan fingerprint density at radius 2 is 2.20 bits per heavy atom. The van der Waals surface area contributed by atoms with Crippen LogP contribution >= 0.6 is 27.7 Å². The van der Waals surface area contributed by atoms with Crippen molar-refractivity contribution in [3.05, 3.63) is 28.2 Å². The third-order valence-electron chi connectivity index (χ3n) is 3.20. The van der Waals surface area contributed by atoms with Gasteiger partial charge in [-0.3, -0.25) is 4.79 Å². The molecule has 1 unspecified atom stereocenters. The van der Waals surface area contributed by atoms with Gasteiger partial charge < -0.3 is 5.11 Å². The molecule has 0 radical (unpaired) electrons. The fourth-order valence-corrected chi connectivity index (χ4v) is 5.09. The molecule has 0 bridgehead atoms. The SMILES string of the molecule is Cc1cc(S(=O)(=O)NC2(C(=O)O)CCSC2)ccc1Br. The summed E-state index contributed by atoms with van der Waals surface area (Å²) in [6.45, 7) is 1.78. The van der Waals surface area contributed by atoms with Crippen molar-refractivity contribution in [2.75, 3.05) is 11.5 Å². The van der Waals surface area contributed by atoms with Crippen molar-refractivity contribution in [3.63, 3.8) is 0 Å². The number of halogens is 1. The van der Waals surface area contributed by atoms with Crippen LogP contribution in [0, 0.1) is 6.92 Å². The third-order valence-corrected chi connectivity index (χ3v) is 6.81. The minimum Gasteiger partial charge on any atom is -0.480 e. The number of carboxylic acid groups (broad SMARTS) is 1. The van der Waals surface area contributed by atoms with E-state index in [1.165, 1.54) is 23.9 Å². The summed E-state index contributed by atoms with van der Waals surface area (Å²) in [7, 11) is -3.85. The van der Waals surface area contributed by atoms with Gasteiger partial charge in [0.2, 0.25) is 10.0 Å². The Balaban J connectivity index is 2.35. The largest absolute Gasteiger partial charge is 0.480 e. The van der Waals surface area contributed by atoms with Gasteiger partial charge in [-0.1, -0.05) is 15.9 Å². The Morgan fingerprint density at radius 1 is 1.50 bits per heavy atom. The van der Waals surface area contributed by atoms with Gasteiger partial charge in [0.05, 0.1) is 4.90 Å². The lowest BCUT2D eigenvalue weighted by atomic mass is 10.0. The zero-order valence-corrected chi connectivity index (χ0v) is 13.9. The summed E-state index contributed by atoms with van der Waals surface area (Å²) >= 11 is 4.74. The van der Waals surface area contributed by atoms with Crippen molar-refractivity contribution < 1.29 is 18.3 Å². The van der Waals surface area contributed by atoms with Gasteiger partial charge in [0.1, 0.15) is 5.54 Å². The lowest BCUT2D eigenvalue weighted by Crippen LogP contribution is -2.54. The molecule has 1 heterocycles. The fraction of sp³-hybridized carbons (Fsp3) is 0.417. The molecule has 8 heteroatoms. The lowest BCUT2D eigenvalue weighted by Gasteiger charge is -2.24. The van der Waals surface area contributed by atoms with Crippen LogP contribution in [-0.4, -0.2) is 36.5 Å². The van der Waals surface area contributed by atoms with E-state index in [0.29, 0.717) is 12.2 Å². The molecule has 1 atom stereocenters. The number of carboxylic acids is 1. The Hall–Kier alpha value is -0.570. The fourth-order valence-electron chi connectivity index (χ4n) is 1.96. The van der Waals surface area contributed by atoms with E-state index in [0.717, 1.165) is 10.0 Å². The summed E-state index contributed by atoms with van der Waals surface area (Å²) in [5.74, 6) is -0.245. The Morgan fingerprint density at radius 3 is 2.70 bits per heavy atom. The van der Waals surface area contributed by atoms with E-state index >= 15 is 0 Å². The van der Waals surface area contributed by atoms with Gasteiger partial charge in [-0.15, -0.1) is 0 Å². The van der Waals surface area contributed by atoms with Gasteiger partial charge in [-0.2, -0.15) is 16.5 Å². The summed E-state index contributed by atoms with van der Waals surface area (Å²) in [4.78, 5) is 11.5. The van der Waals surface area contributed by atoms with Crippen LogP contribution < -0.4 is 4.72 Å². The van der Waals surface area contributed by atoms with E-state index < -0.39 is 21.5 Å². The zero-order valence-electron chi connectivity index (χ0n) is 10.7. The number of nitrogens with one attached hydrogen (secondary N) is 1. The molecule has 0 saturated carbocycles. The summed E-state index contributed by atoms with van der Waals surface area (Å²) in [5.41, 5.74) is -0.622. The smallest absolute Gasteiger partial charge is 0.325 e. The number of rotatable bonds is 4. The van der Waals surface area contributed by atoms with Crippen molar-refractivity contribution in [2.45, 2.75) is 23.8 Å². The van der Waals surface area contributed by atoms with Gasteiger partial charge in [0.15, 0.2) is 0 Å². The van der Waals surface area contributed by atoms with Crippen LogP contribution in [0.3, 0.4) is 0 Å². The second-order valence-corrected chi connectivity index (χ2v) is 8.35. The molecule has 2 rings (SSSR count). The first-order chi connectivity index (χ1) is 9.27. The van der Waals surface area contributed by atoms with E-state index in [4.69, 9.17) is 0 Å². The number of hydrogen-bond acceptors (Lipinski definition) is 4. The molecule has 1 aromatic rings. The van der Waals surface area contributed by atoms with Crippen molar-refractivity contribution >= 4 is 43.7 Å². The molecular formula is C12H14BrNO4S2. The minimum absolute atomic E-state index is 0.0794. The Kier molecular flexibility index (Phi) is 4.48. The molecule has 1 fully saturated rings. The van der Waals surface area contributed by atoms with E-state index in [-0.39, 0.29) is 10.6 Å². The molecule has 0 aromatic heterocycles. The van der Waals surface area contributed by atoms with Crippen LogP contribution in [0.2, 0.25) is 0 Å². The number of sulfonamides is 1. The van der Waals surface area contributed by atoms with Gasteiger partial charge in [0.25, 0.3) is 0 Å². The first-order valence-electron chi connectivity index (χ1n) is 5.88. The predicted octanol–water partition coefficient (Wildman–Crippen LogP) is 2.00. The second-order valence-electron chi connectivity index (χ2n) is 4.71. The van der Waals surface area contributed by atoms with E-state index in [9.17, 15) is 18.3 Å². The van der Waals surface area contributed by atoms with Gasteiger partial charge in [0, 0.05) is 10.2 Å². The number of aryl methyl sites for hydroxylation is 1. The van der Waals surface area contributed by atoms with Crippen LogP contribution in [0.15, 0.2) is 27.6 Å². The number of carbonyl (C=O) groups is 1. The molecule has 1 aliphatic rings. The average molecular weight is 380 g/mol. The minimum atomic E-state index is -3.85. The Bertz CT molecular complexity index is 639. The lowest BCUT2D eigenvalue weighted by molar-refractivity contribution is -0.142. The predicted molar refractivity (Wildman–Crippen MR) is 81.5 cm³/mol. The van der Waals surface area contributed by atoms with E-state index in [1.807, 2.05) is 0 Å². The van der Waals surface area contributed by atoms with Crippen molar-refractivity contribution in [1.82, 2.24) is 4.72 Å². The molecule has 20 heavy (non-hydrogen) atoms. The van der Waals surface area contributed by atoms with Crippen LogP contribution in [0.4, 0.5) is 0 Å². The molecule has 5 nitrogen and oxygen atoms in total. The first-order valence-corrected chi connectivity index (χ1v) is 9.31. The average Bonchev–Trinajstić information content (AvgIpc) is 2.81. The van der Waals surface area contributed by atoms with E-state index in [1.54, 1.807) is 13.0 Å². The van der Waals surface area contributed by atoms with Gasteiger partial charge in [-0.05, 0) is 42.9 Å². The number of hydrogen-bond donors (Lipinski definition) is 2. The standard InChI is InChI=1S/C12H14BrNO4S2/c1-8-6-9(2-3-10(8)13)20(17,18)14-12(11(15)16)4-5-19-7-12/h2-3,6,14H,4-5,7H2,1H3,(H,15,16). The number of benzene rings is 1. The van der Waals surface area contributed by atoms with Crippen molar-refractivity contribution in [1.29, 1.82) is 0 Å². The first kappa shape index (κ1) is 15.8. The van der Waals surface area contributed by atoms with Crippen LogP contribution in [-0.2, 0) is 14.8 Å². The monoisotopic (exact) mass is 379 g/mol. The summed E-state index contributed by atoms with van der Waals surface area (Å²) in [6.07, 6.45) is 0.293. The van der Waals surface area contributed by atoms with Crippen molar-refractivity contribution in [3.8, 4) is 0 Å². The zero-order chi connectivity index (χ0) is 15.0. The van der Waals surface area contributed by atoms with E-state index in [2.05, 4.69) is 20.7 Å². The molecule has 2 N–H and O–H groups in total. The third kappa shape index (κ3) is 3.03. The normalized spacial score (nSPS) is 22.9. The quantitative estimate of drug-likeness (QED) is 0.835. The van der Waals surface area contributed by atoms with Crippen LogP contribution in [0.25, 0.3) is 0 Å². The number of thioether (sulfide) groups is 1. The molecular weight excluding hydrogens is 366 g/mol. The van der Waals surface area contributed by atoms with Gasteiger partial charge >= 0.3 is 5.97 Å². The highest BCUT2D eigenvalue weighted by molar-refractivity contribution is 9.10. The highest BCUT2D eigenvalue weighted by atomic mass is 79.9. The van der Waals surface area contributed by atoms with Crippen LogP contribution in [0.1, 0.15) is 12.0 Å². The maximum Gasteiger partial charge on any atom is 0.325 e. The topological polar surface area (TPSA) is 83.5 Å². The Labute approximate surface area is 130 Å². The maximum atomic E-state index is 12.4. The summed E-state index contributed by atoms with van der Waals surface area (Å²) in [6, 6.07) is 4.61. The molecule has 1 saturated heterocycles. The van der Waals surface area contributed by atoms with Crippen LogP contribution in [0.5, 0.6) is 0 Å². The highest BCUT2D eigenvalue weighted by Gasteiger charge is 2.45. The van der Waals surface area contributed by atoms with Gasteiger partial charge in [-0.25, -0.2) is 8.42 Å². The van der Waals surface area contributed by atoms with Crippen molar-refractivity contribution in [2.24, 2.45) is 0 Å². The number of aliphatic carboxylic acids is 1. The highest BCUT2D eigenvalue weighted by Crippen LogP contribution is 2.30. The maximum absolute atomic E-state index is 12.4. The second kappa shape index (κ2) is 5.67. The molecule has 0 amide bonds. The molecule has 0 spiro atoms. The summed E-state index contributed by atoms with van der Waals surface area (Å²) in [5, 5.41) is 9.32. The molecule has 0 aliphatic carbocycles. The molecule has 1 aromatic carbocycles. The molecule has 1 aliphatic heterocycles. The summed E-state index contributed by atoms with van der Waals surface area (Å²) < 4.78 is 27.9.